The van der Waals surface area contributed by atoms with Crippen LogP contribution >= 0.6 is 0 Å². The molecule has 0 aliphatic heterocycles. The summed E-state index contributed by atoms with van der Waals surface area (Å²) in [7, 11) is 0. The highest BCUT2D eigenvalue weighted by Gasteiger charge is 2.25. The molecule has 0 amide bonds. The topological polar surface area (TPSA) is 44.8 Å². The normalized spacial score (nSPS) is 13.2. The van der Waals surface area contributed by atoms with Crippen molar-refractivity contribution in [1.29, 1.82) is 0 Å². The van der Waals surface area contributed by atoms with Crippen molar-refractivity contribution in [2.24, 2.45) is 5.41 Å². The molecule has 0 heterocycles. The lowest BCUT2D eigenvalue weighted by Crippen LogP contribution is -2.28. The molecule has 0 fully saturated rings. The monoisotopic (exact) mass is 358 g/mol. The van der Waals surface area contributed by atoms with E-state index in [4.69, 9.17) is 14.2 Å². The fraction of sp³-hybridized carbons (Fsp3) is 0.952. The maximum Gasteiger partial charge on any atom is 0.311 e. The molecule has 0 rings (SSSR count). The highest BCUT2D eigenvalue weighted by Crippen LogP contribution is 2.20. The van der Waals surface area contributed by atoms with E-state index in [1.54, 1.807) is 0 Å². The molecule has 4 nitrogen and oxygen atoms in total. The first kappa shape index (κ1) is 24.4. The van der Waals surface area contributed by atoms with Crippen molar-refractivity contribution < 1.29 is 19.0 Å². The lowest BCUT2D eigenvalue weighted by molar-refractivity contribution is -0.159. The van der Waals surface area contributed by atoms with Gasteiger partial charge >= 0.3 is 5.97 Å². The number of esters is 1. The van der Waals surface area contributed by atoms with Crippen molar-refractivity contribution in [3.8, 4) is 0 Å². The third-order valence-electron chi connectivity index (χ3n) is 4.07. The summed E-state index contributed by atoms with van der Waals surface area (Å²) in [6.07, 6.45) is 9.44. The zero-order valence-corrected chi connectivity index (χ0v) is 17.6. The van der Waals surface area contributed by atoms with Crippen LogP contribution in [-0.4, -0.2) is 31.6 Å². The van der Waals surface area contributed by atoms with Gasteiger partial charge in [0.05, 0.1) is 5.41 Å². The molecule has 0 aromatic carbocycles. The standard InChI is InChI=1S/C21H42O4/c1-7-16-23-19(24-17-8-2)15-13-11-10-12-14-18(9-3)25-20(22)21(4,5)6/h18-19H,7-17H2,1-6H3. The minimum Gasteiger partial charge on any atom is -0.462 e. The van der Waals surface area contributed by atoms with Crippen LogP contribution in [0.25, 0.3) is 0 Å². The highest BCUT2D eigenvalue weighted by molar-refractivity contribution is 5.75. The molecule has 0 saturated carbocycles. The Hall–Kier alpha value is -0.610. The van der Waals surface area contributed by atoms with Gasteiger partial charge in [-0.1, -0.05) is 33.6 Å². The SMILES string of the molecule is CCCOC(CCCCCCC(CC)OC(=O)C(C)(C)C)OCCC. The van der Waals surface area contributed by atoms with Crippen molar-refractivity contribution in [2.45, 2.75) is 112 Å². The second kappa shape index (κ2) is 14.5. The molecule has 0 aromatic heterocycles. The van der Waals surface area contributed by atoms with Gasteiger partial charge in [0.25, 0.3) is 0 Å². The van der Waals surface area contributed by atoms with E-state index in [9.17, 15) is 4.79 Å². The molecule has 1 unspecified atom stereocenters. The third-order valence-corrected chi connectivity index (χ3v) is 4.07. The van der Waals surface area contributed by atoms with Crippen LogP contribution in [0, 0.1) is 5.41 Å². The van der Waals surface area contributed by atoms with Crippen LogP contribution in [0.3, 0.4) is 0 Å². The minimum absolute atomic E-state index is 0.0453. The molecule has 150 valence electrons. The largest absolute Gasteiger partial charge is 0.462 e. The van der Waals surface area contributed by atoms with Gasteiger partial charge in [0.2, 0.25) is 0 Å². The average Bonchev–Trinajstić information content (AvgIpc) is 2.57. The number of ether oxygens (including phenoxy) is 3. The van der Waals surface area contributed by atoms with Crippen molar-refractivity contribution in [3.63, 3.8) is 0 Å². The van der Waals surface area contributed by atoms with Gasteiger partial charge in [-0.05, 0) is 65.7 Å². The molecule has 0 radical (unpaired) electrons. The molecule has 0 bridgehead atoms. The Morgan fingerprint density at radius 1 is 0.840 bits per heavy atom. The van der Waals surface area contributed by atoms with Gasteiger partial charge in [-0.3, -0.25) is 4.79 Å². The van der Waals surface area contributed by atoms with Crippen LogP contribution in [0.15, 0.2) is 0 Å². The van der Waals surface area contributed by atoms with Crippen LogP contribution < -0.4 is 0 Å². The molecular formula is C21H42O4. The molecule has 0 saturated heterocycles. The van der Waals surface area contributed by atoms with Gasteiger partial charge in [0, 0.05) is 13.2 Å². The number of rotatable bonds is 15. The van der Waals surface area contributed by atoms with E-state index in [0.717, 1.165) is 64.6 Å². The highest BCUT2D eigenvalue weighted by atomic mass is 16.7. The first-order valence-electron chi connectivity index (χ1n) is 10.3. The quantitative estimate of drug-likeness (QED) is 0.208. The summed E-state index contributed by atoms with van der Waals surface area (Å²) in [6, 6.07) is 0. The smallest absolute Gasteiger partial charge is 0.311 e. The fourth-order valence-corrected chi connectivity index (χ4v) is 2.42. The Labute approximate surface area is 156 Å². The minimum atomic E-state index is -0.417. The number of hydrogen-bond acceptors (Lipinski definition) is 4. The number of carbonyl (C=O) groups is 1. The maximum absolute atomic E-state index is 12.0. The molecule has 0 aliphatic carbocycles. The predicted molar refractivity (Wildman–Crippen MR) is 104 cm³/mol. The Morgan fingerprint density at radius 3 is 1.80 bits per heavy atom. The first-order valence-corrected chi connectivity index (χ1v) is 10.3. The lowest BCUT2D eigenvalue weighted by Gasteiger charge is -2.22. The predicted octanol–water partition coefficient (Wildman–Crippen LogP) is 5.87. The summed E-state index contributed by atoms with van der Waals surface area (Å²) in [6.45, 7) is 13.6. The average molecular weight is 359 g/mol. The van der Waals surface area contributed by atoms with Crippen LogP contribution in [0.5, 0.6) is 0 Å². The van der Waals surface area contributed by atoms with E-state index < -0.39 is 5.41 Å². The van der Waals surface area contributed by atoms with Gasteiger partial charge in [-0.2, -0.15) is 0 Å². The fourth-order valence-electron chi connectivity index (χ4n) is 2.42. The van der Waals surface area contributed by atoms with E-state index in [1.165, 1.54) is 6.42 Å². The molecule has 0 aromatic rings. The van der Waals surface area contributed by atoms with E-state index in [-0.39, 0.29) is 18.4 Å². The van der Waals surface area contributed by atoms with Crippen LogP contribution in [0.1, 0.15) is 99.3 Å². The van der Waals surface area contributed by atoms with Crippen molar-refractivity contribution in [2.75, 3.05) is 13.2 Å². The first-order chi connectivity index (χ1) is 11.8. The molecule has 0 spiro atoms. The van der Waals surface area contributed by atoms with Gasteiger partial charge in [-0.25, -0.2) is 0 Å². The molecule has 0 aliphatic rings. The Kier molecular flexibility index (Phi) is 14.2. The molecule has 25 heavy (non-hydrogen) atoms. The summed E-state index contributed by atoms with van der Waals surface area (Å²) in [4.78, 5) is 12.0. The second-order valence-electron chi connectivity index (χ2n) is 7.85. The van der Waals surface area contributed by atoms with E-state index in [0.29, 0.717) is 0 Å². The number of carbonyl (C=O) groups excluding carboxylic acids is 1. The summed E-state index contributed by atoms with van der Waals surface area (Å²) in [5.74, 6) is -0.0941. The van der Waals surface area contributed by atoms with Gasteiger partial charge in [-0.15, -0.1) is 0 Å². The van der Waals surface area contributed by atoms with Gasteiger partial charge < -0.3 is 14.2 Å². The Bertz CT molecular complexity index is 314. The van der Waals surface area contributed by atoms with Crippen LogP contribution in [-0.2, 0) is 19.0 Å². The van der Waals surface area contributed by atoms with E-state index in [2.05, 4.69) is 20.8 Å². The maximum atomic E-state index is 12.0. The summed E-state index contributed by atoms with van der Waals surface area (Å²) in [5.41, 5.74) is -0.417. The number of hydrogen-bond donors (Lipinski definition) is 0. The molecule has 0 N–H and O–H groups in total. The van der Waals surface area contributed by atoms with Crippen LogP contribution in [0.4, 0.5) is 0 Å². The second-order valence-corrected chi connectivity index (χ2v) is 7.85. The van der Waals surface area contributed by atoms with E-state index >= 15 is 0 Å². The van der Waals surface area contributed by atoms with Crippen molar-refractivity contribution in [3.05, 3.63) is 0 Å². The lowest BCUT2D eigenvalue weighted by atomic mass is 9.97. The summed E-state index contributed by atoms with van der Waals surface area (Å²) in [5, 5.41) is 0. The zero-order valence-electron chi connectivity index (χ0n) is 17.6. The molecule has 1 atom stereocenters. The van der Waals surface area contributed by atoms with Gasteiger partial charge in [0.15, 0.2) is 6.29 Å². The number of unbranched alkanes of at least 4 members (excludes halogenated alkanes) is 3. The van der Waals surface area contributed by atoms with Crippen molar-refractivity contribution >= 4 is 5.97 Å². The zero-order chi connectivity index (χ0) is 19.1. The summed E-state index contributed by atoms with van der Waals surface area (Å²) >= 11 is 0. The Morgan fingerprint density at radius 2 is 1.36 bits per heavy atom. The van der Waals surface area contributed by atoms with Gasteiger partial charge in [0.1, 0.15) is 6.10 Å². The molecular weight excluding hydrogens is 316 g/mol. The van der Waals surface area contributed by atoms with Crippen molar-refractivity contribution in [1.82, 2.24) is 0 Å². The van der Waals surface area contributed by atoms with E-state index in [1.807, 2.05) is 20.8 Å². The van der Waals surface area contributed by atoms with Crippen LogP contribution in [0.2, 0.25) is 0 Å². The molecule has 4 heteroatoms. The summed E-state index contributed by atoms with van der Waals surface area (Å²) < 4.78 is 17.1. The third kappa shape index (κ3) is 13.3. The Balaban J connectivity index is 3.88.